The summed E-state index contributed by atoms with van der Waals surface area (Å²) < 4.78 is 5.03. The van der Waals surface area contributed by atoms with Crippen LogP contribution < -0.4 is 4.90 Å². The van der Waals surface area contributed by atoms with Crippen molar-refractivity contribution in [2.24, 2.45) is 0 Å². The lowest BCUT2D eigenvalue weighted by molar-refractivity contribution is -0.117. The molecule has 0 bridgehead atoms. The zero-order chi connectivity index (χ0) is 12.0. The molecule has 0 radical (unpaired) electrons. The van der Waals surface area contributed by atoms with Crippen LogP contribution in [0.3, 0.4) is 0 Å². The van der Waals surface area contributed by atoms with E-state index in [1.165, 1.54) is 0 Å². The Kier molecular flexibility index (Phi) is 5.29. The fourth-order valence-electron chi connectivity index (χ4n) is 1.55. The largest absolute Gasteiger partial charge is 0.364 e. The van der Waals surface area contributed by atoms with Crippen LogP contribution in [0, 0.1) is 0 Å². The number of benzene rings is 1. The summed E-state index contributed by atoms with van der Waals surface area (Å²) >= 11 is 5.58. The lowest BCUT2D eigenvalue weighted by Gasteiger charge is -2.23. The first kappa shape index (κ1) is 13.0. The smallest absolute Gasteiger partial charge is 0.243 e. The Morgan fingerprint density at radius 2 is 2.12 bits per heavy atom. The van der Waals surface area contributed by atoms with Gasteiger partial charge in [-0.15, -0.1) is 11.6 Å². The van der Waals surface area contributed by atoms with Gasteiger partial charge in [0.15, 0.2) is 0 Å². The molecule has 1 amide bonds. The summed E-state index contributed by atoms with van der Waals surface area (Å²) in [6.45, 7) is 2.28. The minimum absolute atomic E-state index is 0.0403. The third-order valence-corrected chi connectivity index (χ3v) is 2.57. The highest BCUT2D eigenvalue weighted by molar-refractivity contribution is 6.29. The zero-order valence-corrected chi connectivity index (χ0v) is 10.3. The Bertz CT molecular complexity index is 355. The number of amides is 1. The number of para-hydroxylation sites is 1. The molecule has 0 aromatic heterocycles. The molecule has 1 rings (SSSR count). The molecule has 0 spiro atoms. The molecule has 0 saturated carbocycles. The van der Waals surface area contributed by atoms with Crippen molar-refractivity contribution >= 4 is 23.2 Å². The summed E-state index contributed by atoms with van der Waals surface area (Å²) in [4.78, 5) is 13.2. The lowest BCUT2D eigenvalue weighted by atomic mass is 10.1. The van der Waals surface area contributed by atoms with Gasteiger partial charge in [-0.3, -0.25) is 9.69 Å². The van der Waals surface area contributed by atoms with Crippen LogP contribution in [0.5, 0.6) is 0 Å². The van der Waals surface area contributed by atoms with Crippen LogP contribution in [0.15, 0.2) is 24.3 Å². The van der Waals surface area contributed by atoms with Crippen molar-refractivity contribution in [3.63, 3.8) is 0 Å². The van der Waals surface area contributed by atoms with Gasteiger partial charge in [0.2, 0.25) is 5.91 Å². The SMILES string of the molecule is CCc1ccccc1N(COC)C(=O)CCl. The molecule has 0 atom stereocenters. The zero-order valence-electron chi connectivity index (χ0n) is 9.57. The second-order valence-corrected chi connectivity index (χ2v) is 3.62. The maximum atomic E-state index is 11.7. The Morgan fingerprint density at radius 3 is 2.69 bits per heavy atom. The van der Waals surface area contributed by atoms with Gasteiger partial charge in [0.1, 0.15) is 12.6 Å². The quantitative estimate of drug-likeness (QED) is 0.585. The molecule has 3 nitrogen and oxygen atoms in total. The molecule has 0 heterocycles. The van der Waals surface area contributed by atoms with Gasteiger partial charge in [-0.25, -0.2) is 0 Å². The minimum atomic E-state index is -0.149. The molecule has 4 heteroatoms. The predicted molar refractivity (Wildman–Crippen MR) is 65.9 cm³/mol. The topological polar surface area (TPSA) is 29.5 Å². The summed E-state index contributed by atoms with van der Waals surface area (Å²) in [5.41, 5.74) is 1.98. The van der Waals surface area contributed by atoms with Gasteiger partial charge in [-0.05, 0) is 18.1 Å². The van der Waals surface area contributed by atoms with Gasteiger partial charge in [0, 0.05) is 12.8 Å². The van der Waals surface area contributed by atoms with Crippen LogP contribution in [-0.4, -0.2) is 25.6 Å². The van der Waals surface area contributed by atoms with Crippen LogP contribution in [0.1, 0.15) is 12.5 Å². The van der Waals surface area contributed by atoms with Crippen LogP contribution in [0.25, 0.3) is 0 Å². The van der Waals surface area contributed by atoms with Gasteiger partial charge >= 0.3 is 0 Å². The van der Waals surface area contributed by atoms with E-state index in [1.54, 1.807) is 12.0 Å². The van der Waals surface area contributed by atoms with E-state index in [4.69, 9.17) is 16.3 Å². The van der Waals surface area contributed by atoms with E-state index in [-0.39, 0.29) is 18.5 Å². The molecular formula is C12H16ClNO2. The Labute approximate surface area is 101 Å². The third-order valence-electron chi connectivity index (χ3n) is 2.34. The third kappa shape index (κ3) is 2.97. The summed E-state index contributed by atoms with van der Waals surface area (Å²) in [7, 11) is 1.56. The fraction of sp³-hybridized carbons (Fsp3) is 0.417. The van der Waals surface area contributed by atoms with E-state index < -0.39 is 0 Å². The van der Waals surface area contributed by atoms with E-state index in [9.17, 15) is 4.79 Å². The van der Waals surface area contributed by atoms with E-state index >= 15 is 0 Å². The summed E-state index contributed by atoms with van der Waals surface area (Å²) in [5.74, 6) is -0.189. The first-order valence-corrected chi connectivity index (χ1v) is 5.71. The van der Waals surface area contributed by atoms with Crippen LogP contribution in [0.4, 0.5) is 5.69 Å². The number of methoxy groups -OCH3 is 1. The second-order valence-electron chi connectivity index (χ2n) is 3.36. The molecule has 0 N–H and O–H groups in total. The number of carbonyl (C=O) groups excluding carboxylic acids is 1. The predicted octanol–water partition coefficient (Wildman–Crippen LogP) is 2.42. The standard InChI is InChI=1S/C12H16ClNO2/c1-3-10-6-4-5-7-11(10)14(9-16-2)12(15)8-13/h4-7H,3,8-9H2,1-2H3. The first-order chi connectivity index (χ1) is 7.74. The van der Waals surface area contributed by atoms with E-state index in [0.717, 1.165) is 17.7 Å². The van der Waals surface area contributed by atoms with Crippen molar-refractivity contribution in [3.8, 4) is 0 Å². The lowest BCUT2D eigenvalue weighted by Crippen LogP contribution is -2.34. The van der Waals surface area contributed by atoms with Crippen molar-refractivity contribution in [3.05, 3.63) is 29.8 Å². The molecule has 88 valence electrons. The number of rotatable bonds is 5. The molecule has 1 aromatic rings. The summed E-state index contributed by atoms with van der Waals surface area (Å²) in [5, 5.41) is 0. The van der Waals surface area contributed by atoms with Crippen molar-refractivity contribution in [2.45, 2.75) is 13.3 Å². The number of hydrogen-bond acceptors (Lipinski definition) is 2. The highest BCUT2D eigenvalue weighted by atomic mass is 35.5. The summed E-state index contributed by atoms with van der Waals surface area (Å²) in [6.07, 6.45) is 0.867. The number of ether oxygens (including phenoxy) is 1. The average Bonchev–Trinajstić information content (AvgIpc) is 2.35. The maximum Gasteiger partial charge on any atom is 0.243 e. The molecule has 0 saturated heterocycles. The molecule has 0 aliphatic rings. The molecule has 0 aliphatic carbocycles. The van der Waals surface area contributed by atoms with Gasteiger partial charge in [0.25, 0.3) is 0 Å². The molecular weight excluding hydrogens is 226 g/mol. The average molecular weight is 242 g/mol. The highest BCUT2D eigenvalue weighted by Crippen LogP contribution is 2.21. The van der Waals surface area contributed by atoms with Crippen molar-refractivity contribution in [1.29, 1.82) is 0 Å². The first-order valence-electron chi connectivity index (χ1n) is 5.17. The molecule has 0 aliphatic heterocycles. The second kappa shape index (κ2) is 6.51. The van der Waals surface area contributed by atoms with Crippen molar-refractivity contribution < 1.29 is 9.53 Å². The number of anilines is 1. The van der Waals surface area contributed by atoms with Crippen LogP contribution in [0.2, 0.25) is 0 Å². The fourth-order valence-corrected chi connectivity index (χ4v) is 1.69. The minimum Gasteiger partial charge on any atom is -0.364 e. The van der Waals surface area contributed by atoms with Gasteiger partial charge < -0.3 is 4.74 Å². The molecule has 16 heavy (non-hydrogen) atoms. The summed E-state index contributed by atoms with van der Waals surface area (Å²) in [6, 6.07) is 7.76. The highest BCUT2D eigenvalue weighted by Gasteiger charge is 2.16. The van der Waals surface area contributed by atoms with Crippen LogP contribution in [-0.2, 0) is 16.0 Å². The van der Waals surface area contributed by atoms with Crippen molar-refractivity contribution in [2.75, 3.05) is 24.6 Å². The maximum absolute atomic E-state index is 11.7. The number of carbonyl (C=O) groups is 1. The van der Waals surface area contributed by atoms with E-state index in [1.807, 2.05) is 24.3 Å². The number of nitrogens with zero attached hydrogens (tertiary/aromatic N) is 1. The number of alkyl halides is 1. The monoisotopic (exact) mass is 241 g/mol. The normalized spacial score (nSPS) is 10.2. The van der Waals surface area contributed by atoms with Gasteiger partial charge in [0.05, 0.1) is 0 Å². The molecule has 1 aromatic carbocycles. The van der Waals surface area contributed by atoms with Gasteiger partial charge in [-0.2, -0.15) is 0 Å². The number of hydrogen-bond donors (Lipinski definition) is 0. The van der Waals surface area contributed by atoms with E-state index in [0.29, 0.717) is 0 Å². The number of halogens is 1. The molecule has 0 fully saturated rings. The Hall–Kier alpha value is -1.06. The Morgan fingerprint density at radius 1 is 1.44 bits per heavy atom. The number of aryl methyl sites for hydroxylation is 1. The Balaban J connectivity index is 3.04. The molecule has 0 unspecified atom stereocenters. The van der Waals surface area contributed by atoms with Crippen molar-refractivity contribution in [1.82, 2.24) is 0 Å². The van der Waals surface area contributed by atoms with Crippen LogP contribution >= 0.6 is 11.6 Å². The van der Waals surface area contributed by atoms with Gasteiger partial charge in [-0.1, -0.05) is 25.1 Å². The van der Waals surface area contributed by atoms with E-state index in [2.05, 4.69) is 6.92 Å².